The van der Waals surface area contributed by atoms with E-state index in [0.29, 0.717) is 11.4 Å². The van der Waals surface area contributed by atoms with Crippen molar-refractivity contribution in [3.8, 4) is 0 Å². The van der Waals surface area contributed by atoms with Crippen LogP contribution in [0.5, 0.6) is 0 Å². The summed E-state index contributed by atoms with van der Waals surface area (Å²) in [6.45, 7) is 4.23. The Hall–Kier alpha value is -2.21. The molecule has 1 aliphatic rings. The molecule has 3 aromatic carbocycles. The molecule has 1 saturated heterocycles. The van der Waals surface area contributed by atoms with Gasteiger partial charge in [0.05, 0.1) is 6.04 Å². The molecule has 4 atom stereocenters. The van der Waals surface area contributed by atoms with E-state index in [-0.39, 0.29) is 29.9 Å². The summed E-state index contributed by atoms with van der Waals surface area (Å²) in [4.78, 5) is 15.9. The number of hydrogen-bond acceptors (Lipinski definition) is 2. The van der Waals surface area contributed by atoms with Crippen LogP contribution in [0.15, 0.2) is 77.3 Å². The van der Waals surface area contributed by atoms with Gasteiger partial charge < -0.3 is 9.64 Å². The number of benzene rings is 3. The Morgan fingerprint density at radius 3 is 2.24 bits per heavy atom. The van der Waals surface area contributed by atoms with E-state index in [9.17, 15) is 9.18 Å². The van der Waals surface area contributed by atoms with Crippen LogP contribution < -0.4 is 0 Å². The van der Waals surface area contributed by atoms with Crippen LogP contribution in [-0.4, -0.2) is 23.0 Å². The number of ether oxygens (including phenoxy) is 1. The van der Waals surface area contributed by atoms with E-state index in [4.69, 9.17) is 16.3 Å². The molecule has 1 fully saturated rings. The minimum absolute atomic E-state index is 0.0283. The highest BCUT2D eigenvalue weighted by Gasteiger charge is 2.45. The molecule has 34 heavy (non-hydrogen) atoms. The first-order valence-electron chi connectivity index (χ1n) is 11.6. The van der Waals surface area contributed by atoms with E-state index in [1.165, 1.54) is 12.1 Å². The number of morpholine rings is 1. The molecular weight excluding hydrogens is 517 g/mol. The molecule has 3 aromatic rings. The lowest BCUT2D eigenvalue weighted by Gasteiger charge is -2.47. The monoisotopic (exact) mass is 543 g/mol. The second kappa shape index (κ2) is 11.0. The fraction of sp³-hybridized carbons (Fsp3) is 0.321. The summed E-state index contributed by atoms with van der Waals surface area (Å²) in [6.07, 6.45) is 1.19. The molecule has 0 bridgehead atoms. The van der Waals surface area contributed by atoms with Crippen LogP contribution in [0.25, 0.3) is 0 Å². The zero-order valence-electron chi connectivity index (χ0n) is 19.3. The molecule has 0 aliphatic carbocycles. The zero-order valence-corrected chi connectivity index (χ0v) is 21.6. The van der Waals surface area contributed by atoms with Crippen molar-refractivity contribution in [1.29, 1.82) is 0 Å². The molecule has 178 valence electrons. The third-order valence-electron chi connectivity index (χ3n) is 6.35. The van der Waals surface area contributed by atoms with Gasteiger partial charge in [-0.05, 0) is 66.4 Å². The van der Waals surface area contributed by atoms with Crippen LogP contribution in [0.3, 0.4) is 0 Å². The molecule has 3 nitrogen and oxygen atoms in total. The van der Waals surface area contributed by atoms with Gasteiger partial charge in [0.1, 0.15) is 18.0 Å². The number of halogens is 3. The first kappa shape index (κ1) is 24.9. The molecule has 1 amide bonds. The summed E-state index contributed by atoms with van der Waals surface area (Å²) in [5.41, 5.74) is 2.84. The van der Waals surface area contributed by atoms with E-state index in [1.807, 2.05) is 53.4 Å². The van der Waals surface area contributed by atoms with Crippen LogP contribution in [0.4, 0.5) is 4.39 Å². The average Bonchev–Trinajstić information content (AvgIpc) is 2.83. The lowest BCUT2D eigenvalue weighted by atomic mass is 9.89. The standard InChI is InChI=1S/C28H28BrClFNO2/c1-3-4-18(2)32-26(20-7-11-22(29)12-8-20)27(21-9-13-23(30)14-10-21)34-25(28(32)33)17-19-5-15-24(31)16-6-19/h5-16,18,25-27H,3-4,17H2,1-2H3/t18-,25-,26+,27-/m1/s1. The minimum atomic E-state index is -0.669. The maximum atomic E-state index is 13.9. The minimum Gasteiger partial charge on any atom is -0.358 e. The van der Waals surface area contributed by atoms with E-state index in [0.717, 1.165) is 34.0 Å². The normalized spacial score (nSPS) is 21.5. The van der Waals surface area contributed by atoms with Crippen LogP contribution in [0, 0.1) is 5.82 Å². The fourth-order valence-corrected chi connectivity index (χ4v) is 5.08. The summed E-state index contributed by atoms with van der Waals surface area (Å²) in [5, 5.41) is 0.648. The molecule has 0 radical (unpaired) electrons. The highest BCUT2D eigenvalue weighted by atomic mass is 79.9. The quantitative estimate of drug-likeness (QED) is 0.305. The van der Waals surface area contributed by atoms with Gasteiger partial charge in [-0.25, -0.2) is 4.39 Å². The van der Waals surface area contributed by atoms with E-state index < -0.39 is 6.10 Å². The Morgan fingerprint density at radius 1 is 1.00 bits per heavy atom. The Labute approximate surface area is 214 Å². The molecule has 1 heterocycles. The predicted molar refractivity (Wildman–Crippen MR) is 137 cm³/mol. The van der Waals surface area contributed by atoms with Gasteiger partial charge in [-0.3, -0.25) is 4.79 Å². The number of rotatable bonds is 7. The fourth-order valence-electron chi connectivity index (χ4n) is 4.69. The van der Waals surface area contributed by atoms with Crippen molar-refractivity contribution in [2.75, 3.05) is 0 Å². The van der Waals surface area contributed by atoms with E-state index in [2.05, 4.69) is 29.8 Å². The van der Waals surface area contributed by atoms with Gasteiger partial charge in [-0.1, -0.05) is 77.3 Å². The topological polar surface area (TPSA) is 29.5 Å². The molecule has 4 rings (SSSR count). The Balaban J connectivity index is 1.78. The lowest BCUT2D eigenvalue weighted by molar-refractivity contribution is -0.178. The Kier molecular flexibility index (Phi) is 8.07. The van der Waals surface area contributed by atoms with Crippen molar-refractivity contribution in [3.05, 3.63) is 105 Å². The number of carbonyl (C=O) groups is 1. The number of nitrogens with zero attached hydrogens (tertiary/aromatic N) is 1. The maximum Gasteiger partial charge on any atom is 0.252 e. The first-order valence-corrected chi connectivity index (χ1v) is 12.8. The van der Waals surface area contributed by atoms with Crippen LogP contribution in [0.2, 0.25) is 5.02 Å². The highest BCUT2D eigenvalue weighted by molar-refractivity contribution is 9.10. The van der Waals surface area contributed by atoms with Crippen LogP contribution in [0.1, 0.15) is 55.5 Å². The second-order valence-electron chi connectivity index (χ2n) is 8.81. The van der Waals surface area contributed by atoms with Crippen molar-refractivity contribution in [1.82, 2.24) is 4.90 Å². The molecular formula is C28H28BrClFNO2. The van der Waals surface area contributed by atoms with Gasteiger partial charge in [-0.2, -0.15) is 0 Å². The summed E-state index contributed by atoms with van der Waals surface area (Å²) < 4.78 is 21.0. The third kappa shape index (κ3) is 5.54. The van der Waals surface area contributed by atoms with Crippen molar-refractivity contribution < 1.29 is 13.9 Å². The number of carbonyl (C=O) groups excluding carboxylic acids is 1. The van der Waals surface area contributed by atoms with Crippen molar-refractivity contribution in [3.63, 3.8) is 0 Å². The molecule has 0 spiro atoms. The largest absolute Gasteiger partial charge is 0.358 e. The Morgan fingerprint density at radius 2 is 1.62 bits per heavy atom. The molecule has 6 heteroatoms. The number of amides is 1. The summed E-state index contributed by atoms with van der Waals surface area (Å²) in [5.74, 6) is -0.337. The van der Waals surface area contributed by atoms with E-state index in [1.54, 1.807) is 12.1 Å². The first-order chi connectivity index (χ1) is 16.4. The summed E-state index contributed by atoms with van der Waals surface area (Å²) in [7, 11) is 0. The van der Waals surface area contributed by atoms with Gasteiger partial charge >= 0.3 is 0 Å². The van der Waals surface area contributed by atoms with Crippen molar-refractivity contribution in [2.24, 2.45) is 0 Å². The van der Waals surface area contributed by atoms with Crippen molar-refractivity contribution in [2.45, 2.75) is 57.4 Å². The third-order valence-corrected chi connectivity index (χ3v) is 7.13. The van der Waals surface area contributed by atoms with E-state index >= 15 is 0 Å². The van der Waals surface area contributed by atoms with Gasteiger partial charge in [0.25, 0.3) is 5.91 Å². The Bertz CT molecular complexity index is 1100. The van der Waals surface area contributed by atoms with Crippen LogP contribution >= 0.6 is 27.5 Å². The summed E-state index contributed by atoms with van der Waals surface area (Å²) in [6, 6.07) is 21.7. The summed E-state index contributed by atoms with van der Waals surface area (Å²) >= 11 is 9.69. The van der Waals surface area contributed by atoms with Gasteiger partial charge in [-0.15, -0.1) is 0 Å². The van der Waals surface area contributed by atoms with Gasteiger partial charge in [0, 0.05) is 22.0 Å². The van der Waals surface area contributed by atoms with Gasteiger partial charge in [0.15, 0.2) is 0 Å². The molecule has 0 saturated carbocycles. The SMILES string of the molecule is CCC[C@@H](C)N1C(=O)[C@@H](Cc2ccc(F)cc2)O[C@H](c2ccc(Cl)cc2)[C@@H]1c1ccc(Br)cc1. The van der Waals surface area contributed by atoms with Crippen molar-refractivity contribution >= 4 is 33.4 Å². The van der Waals surface area contributed by atoms with Gasteiger partial charge in [0.2, 0.25) is 0 Å². The molecule has 0 aromatic heterocycles. The molecule has 0 unspecified atom stereocenters. The highest BCUT2D eigenvalue weighted by Crippen LogP contribution is 2.44. The number of hydrogen-bond donors (Lipinski definition) is 0. The second-order valence-corrected chi connectivity index (χ2v) is 10.2. The average molecular weight is 545 g/mol. The smallest absolute Gasteiger partial charge is 0.252 e. The maximum absolute atomic E-state index is 13.9. The zero-order chi connectivity index (χ0) is 24.2. The molecule has 0 N–H and O–H groups in total. The lowest BCUT2D eigenvalue weighted by Crippen LogP contribution is -2.54. The molecule has 1 aliphatic heterocycles. The van der Waals surface area contributed by atoms with Crippen LogP contribution in [-0.2, 0) is 16.0 Å². The predicted octanol–water partition coefficient (Wildman–Crippen LogP) is 7.68.